The zero-order valence-corrected chi connectivity index (χ0v) is 12.9. The second-order valence-corrected chi connectivity index (χ2v) is 4.85. The van der Waals surface area contributed by atoms with Crippen molar-refractivity contribution >= 4 is 17.5 Å². The third-order valence-electron chi connectivity index (χ3n) is 2.78. The summed E-state index contributed by atoms with van der Waals surface area (Å²) in [5, 5.41) is 3.10. The summed E-state index contributed by atoms with van der Waals surface area (Å²) in [6.07, 6.45) is 1.65. The Labute approximate surface area is 134 Å². The molecule has 1 aromatic carbocycles. The van der Waals surface area contributed by atoms with Gasteiger partial charge in [-0.1, -0.05) is 35.6 Å². The van der Waals surface area contributed by atoms with E-state index in [1.807, 2.05) is 19.1 Å². The van der Waals surface area contributed by atoms with E-state index in [4.69, 9.17) is 16.3 Å². The lowest BCUT2D eigenvalue weighted by Gasteiger charge is -2.03. The fraction of sp³-hybridized carbons (Fsp3) is 0.176. The highest BCUT2D eigenvalue weighted by Gasteiger charge is 2.07. The van der Waals surface area contributed by atoms with Crippen molar-refractivity contribution in [2.75, 3.05) is 13.2 Å². The molecule has 0 aliphatic carbocycles. The minimum absolute atomic E-state index is 0.236. The van der Waals surface area contributed by atoms with Crippen LogP contribution in [-0.2, 0) is 0 Å². The summed E-state index contributed by atoms with van der Waals surface area (Å²) in [5.41, 5.74) is 1.37. The molecule has 112 valence electrons. The van der Waals surface area contributed by atoms with Crippen molar-refractivity contribution in [3.05, 3.63) is 58.9 Å². The van der Waals surface area contributed by atoms with Crippen molar-refractivity contribution < 1.29 is 9.53 Å². The molecule has 0 aliphatic heterocycles. The minimum atomic E-state index is -0.247. The molecule has 0 saturated carbocycles. The van der Waals surface area contributed by atoms with E-state index in [1.165, 1.54) is 0 Å². The number of halogens is 1. The van der Waals surface area contributed by atoms with E-state index in [2.05, 4.69) is 22.1 Å². The van der Waals surface area contributed by atoms with Crippen LogP contribution >= 0.6 is 11.6 Å². The van der Waals surface area contributed by atoms with Crippen LogP contribution in [0.2, 0.25) is 5.02 Å². The van der Waals surface area contributed by atoms with Crippen LogP contribution in [0.4, 0.5) is 0 Å². The normalized spacial score (nSPS) is 9.55. The lowest BCUT2D eigenvalue weighted by Crippen LogP contribution is -2.23. The van der Waals surface area contributed by atoms with Gasteiger partial charge in [0.2, 0.25) is 0 Å². The van der Waals surface area contributed by atoms with Gasteiger partial charge in [-0.15, -0.1) is 0 Å². The second-order valence-electron chi connectivity index (χ2n) is 4.44. The molecule has 5 heteroatoms. The minimum Gasteiger partial charge on any atom is -0.479 e. The Morgan fingerprint density at radius 3 is 2.82 bits per heavy atom. The van der Waals surface area contributed by atoms with Crippen molar-refractivity contribution in [3.63, 3.8) is 0 Å². The third kappa shape index (κ3) is 4.80. The number of nitrogens with one attached hydrogen (secondary N) is 1. The quantitative estimate of drug-likeness (QED) is 0.883. The first-order chi connectivity index (χ1) is 10.7. The predicted octanol–water partition coefficient (Wildman–Crippen LogP) is 2.86. The zero-order chi connectivity index (χ0) is 15.8. The Hall–Kier alpha value is -2.51. The zero-order valence-electron chi connectivity index (χ0n) is 12.1. The SMILES string of the molecule is Cc1ccc(OCC#CCNC(=O)c2ccccc2Cl)cn1. The van der Waals surface area contributed by atoms with Gasteiger partial charge in [-0.25, -0.2) is 0 Å². The van der Waals surface area contributed by atoms with E-state index in [1.54, 1.807) is 30.5 Å². The second kappa shape index (κ2) is 8.06. The van der Waals surface area contributed by atoms with Crippen LogP contribution in [0.15, 0.2) is 42.6 Å². The molecule has 0 bridgehead atoms. The molecule has 22 heavy (non-hydrogen) atoms. The summed E-state index contributed by atoms with van der Waals surface area (Å²) < 4.78 is 5.40. The first-order valence-electron chi connectivity index (χ1n) is 6.71. The standard InChI is InChI=1S/C17H15ClN2O2/c1-13-8-9-14(12-20-13)22-11-5-4-10-19-17(21)15-6-2-3-7-16(15)18/h2-3,6-9,12H,10-11H2,1H3,(H,19,21). The van der Waals surface area contributed by atoms with E-state index in [-0.39, 0.29) is 19.1 Å². The number of hydrogen-bond acceptors (Lipinski definition) is 3. The van der Waals surface area contributed by atoms with Crippen molar-refractivity contribution in [1.82, 2.24) is 10.3 Å². The largest absolute Gasteiger partial charge is 0.479 e. The molecule has 1 N–H and O–H groups in total. The number of carbonyl (C=O) groups is 1. The predicted molar refractivity (Wildman–Crippen MR) is 86.0 cm³/mol. The Balaban J connectivity index is 1.74. The maximum atomic E-state index is 11.8. The van der Waals surface area contributed by atoms with Gasteiger partial charge in [-0.05, 0) is 31.2 Å². The van der Waals surface area contributed by atoms with E-state index < -0.39 is 0 Å². The number of nitrogens with zero attached hydrogens (tertiary/aromatic N) is 1. The smallest absolute Gasteiger partial charge is 0.253 e. The Bertz CT molecular complexity index is 703. The highest BCUT2D eigenvalue weighted by Crippen LogP contribution is 2.14. The molecule has 0 atom stereocenters. The first kappa shape index (κ1) is 15.9. The van der Waals surface area contributed by atoms with Gasteiger partial charge in [0, 0.05) is 5.69 Å². The number of rotatable bonds is 4. The number of ether oxygens (including phenoxy) is 1. The molecule has 1 aromatic heterocycles. The monoisotopic (exact) mass is 314 g/mol. The number of pyridine rings is 1. The van der Waals surface area contributed by atoms with Crippen LogP contribution in [-0.4, -0.2) is 24.0 Å². The molecular formula is C17H15ClN2O2. The average Bonchev–Trinajstić information content (AvgIpc) is 2.52. The summed E-state index contributed by atoms with van der Waals surface area (Å²) in [6, 6.07) is 10.6. The lowest BCUT2D eigenvalue weighted by atomic mass is 10.2. The van der Waals surface area contributed by atoms with Gasteiger partial charge in [0.25, 0.3) is 5.91 Å². The molecule has 1 heterocycles. The van der Waals surface area contributed by atoms with Gasteiger partial charge in [0.15, 0.2) is 0 Å². The van der Waals surface area contributed by atoms with Crippen LogP contribution in [0, 0.1) is 18.8 Å². The molecule has 0 unspecified atom stereocenters. The first-order valence-corrected chi connectivity index (χ1v) is 7.08. The number of amides is 1. The third-order valence-corrected chi connectivity index (χ3v) is 3.11. The van der Waals surface area contributed by atoms with Crippen molar-refractivity contribution in [2.45, 2.75) is 6.92 Å². The van der Waals surface area contributed by atoms with Crippen LogP contribution in [0.25, 0.3) is 0 Å². The van der Waals surface area contributed by atoms with Crippen LogP contribution in [0.5, 0.6) is 5.75 Å². The molecule has 0 saturated heterocycles. The molecule has 2 aromatic rings. The summed E-state index contributed by atoms with van der Waals surface area (Å²) in [4.78, 5) is 16.0. The van der Waals surface area contributed by atoms with Gasteiger partial charge in [0.1, 0.15) is 12.4 Å². The van der Waals surface area contributed by atoms with Gasteiger partial charge >= 0.3 is 0 Å². The number of aromatic nitrogens is 1. The summed E-state index contributed by atoms with van der Waals surface area (Å²) in [5.74, 6) is 6.06. The number of aryl methyl sites for hydroxylation is 1. The van der Waals surface area contributed by atoms with Crippen molar-refractivity contribution in [1.29, 1.82) is 0 Å². The van der Waals surface area contributed by atoms with Crippen LogP contribution < -0.4 is 10.1 Å². The fourth-order valence-corrected chi connectivity index (χ4v) is 1.86. The Morgan fingerprint density at radius 1 is 1.27 bits per heavy atom. The van der Waals surface area contributed by atoms with Gasteiger partial charge in [-0.2, -0.15) is 0 Å². The highest BCUT2D eigenvalue weighted by molar-refractivity contribution is 6.33. The van der Waals surface area contributed by atoms with E-state index in [0.29, 0.717) is 16.3 Å². The number of benzene rings is 1. The fourth-order valence-electron chi connectivity index (χ4n) is 1.64. The van der Waals surface area contributed by atoms with E-state index >= 15 is 0 Å². The number of hydrogen-bond donors (Lipinski definition) is 1. The highest BCUT2D eigenvalue weighted by atomic mass is 35.5. The molecule has 0 fully saturated rings. The van der Waals surface area contributed by atoms with E-state index in [0.717, 1.165) is 5.69 Å². The van der Waals surface area contributed by atoms with E-state index in [9.17, 15) is 4.79 Å². The molecule has 0 aliphatic rings. The maximum absolute atomic E-state index is 11.8. The molecule has 0 spiro atoms. The molecular weight excluding hydrogens is 300 g/mol. The molecule has 2 rings (SSSR count). The molecule has 0 radical (unpaired) electrons. The Morgan fingerprint density at radius 2 is 2.09 bits per heavy atom. The average molecular weight is 315 g/mol. The van der Waals surface area contributed by atoms with Crippen LogP contribution in [0.1, 0.15) is 16.1 Å². The van der Waals surface area contributed by atoms with Gasteiger partial charge < -0.3 is 10.1 Å². The topological polar surface area (TPSA) is 51.2 Å². The summed E-state index contributed by atoms with van der Waals surface area (Å²) in [7, 11) is 0. The van der Waals surface area contributed by atoms with Crippen molar-refractivity contribution in [3.8, 4) is 17.6 Å². The summed E-state index contributed by atoms with van der Waals surface area (Å²) in [6.45, 7) is 2.39. The Kier molecular flexibility index (Phi) is 5.81. The lowest BCUT2D eigenvalue weighted by molar-refractivity contribution is 0.0959. The molecule has 1 amide bonds. The van der Waals surface area contributed by atoms with Gasteiger partial charge in [0.05, 0.1) is 23.3 Å². The van der Waals surface area contributed by atoms with Gasteiger partial charge in [-0.3, -0.25) is 9.78 Å². The summed E-state index contributed by atoms with van der Waals surface area (Å²) >= 11 is 5.94. The van der Waals surface area contributed by atoms with Crippen LogP contribution in [0.3, 0.4) is 0 Å². The number of carbonyl (C=O) groups excluding carboxylic acids is 1. The van der Waals surface area contributed by atoms with Crippen molar-refractivity contribution in [2.24, 2.45) is 0 Å². The maximum Gasteiger partial charge on any atom is 0.253 e. The molecule has 4 nitrogen and oxygen atoms in total.